The predicted molar refractivity (Wildman–Crippen MR) is 69.3 cm³/mol. The molecule has 0 atom stereocenters. The molecule has 0 aromatic carbocycles. The second kappa shape index (κ2) is 5.37. The Kier molecular flexibility index (Phi) is 5.04. The summed E-state index contributed by atoms with van der Waals surface area (Å²) in [6.45, 7) is 15.1. The molecule has 0 fully saturated rings. The lowest BCUT2D eigenvalue weighted by Crippen LogP contribution is -2.49. The minimum atomic E-state index is -0.144. The Morgan fingerprint density at radius 2 is 1.69 bits per heavy atom. The third-order valence-corrected chi connectivity index (χ3v) is 2.16. The smallest absolute Gasteiger partial charge is 0.320 e. The van der Waals surface area contributed by atoms with E-state index in [2.05, 4.69) is 26.1 Å². The number of amides is 2. The zero-order valence-electron chi connectivity index (χ0n) is 11.7. The number of allylic oxidation sites excluding steroid dienone is 1. The number of nitrogens with one attached hydrogen (secondary N) is 1. The van der Waals surface area contributed by atoms with Gasteiger partial charge in [0.05, 0.1) is 0 Å². The van der Waals surface area contributed by atoms with Crippen LogP contribution in [0.2, 0.25) is 0 Å². The van der Waals surface area contributed by atoms with Gasteiger partial charge in [-0.15, -0.1) is 0 Å². The van der Waals surface area contributed by atoms with Crippen LogP contribution in [-0.4, -0.2) is 23.0 Å². The van der Waals surface area contributed by atoms with E-state index in [1.807, 2.05) is 33.8 Å². The van der Waals surface area contributed by atoms with Crippen molar-refractivity contribution in [1.29, 1.82) is 0 Å². The van der Waals surface area contributed by atoms with Gasteiger partial charge in [0.1, 0.15) is 0 Å². The van der Waals surface area contributed by atoms with Gasteiger partial charge in [0, 0.05) is 18.3 Å². The molecule has 0 bridgehead atoms. The topological polar surface area (TPSA) is 32.3 Å². The largest absolute Gasteiger partial charge is 0.321 e. The molecule has 0 saturated heterocycles. The number of carbonyl (C=O) groups excluding carboxylic acids is 1. The third kappa shape index (κ3) is 5.79. The van der Waals surface area contributed by atoms with E-state index in [0.717, 1.165) is 0 Å². The molecule has 3 heteroatoms. The van der Waals surface area contributed by atoms with Crippen molar-refractivity contribution in [3.8, 4) is 0 Å². The number of hydrogen-bond donors (Lipinski definition) is 1. The highest BCUT2D eigenvalue weighted by Gasteiger charge is 2.23. The molecule has 0 saturated carbocycles. The molecule has 0 rings (SSSR count). The van der Waals surface area contributed by atoms with Crippen LogP contribution in [-0.2, 0) is 0 Å². The van der Waals surface area contributed by atoms with Crippen LogP contribution in [0, 0.1) is 5.41 Å². The summed E-state index contributed by atoms with van der Waals surface area (Å²) in [5, 5.41) is 2.80. The second-order valence-corrected chi connectivity index (χ2v) is 6.06. The van der Waals surface area contributed by atoms with E-state index in [0.29, 0.717) is 6.54 Å². The molecule has 0 radical (unpaired) electrons. The summed E-state index contributed by atoms with van der Waals surface area (Å²) in [5.74, 6) is 0. The Labute approximate surface area is 99.9 Å². The molecule has 0 unspecified atom stereocenters. The number of urea groups is 1. The Hall–Kier alpha value is -0.990. The van der Waals surface area contributed by atoms with Crippen LogP contribution >= 0.6 is 0 Å². The van der Waals surface area contributed by atoms with E-state index >= 15 is 0 Å². The highest BCUT2D eigenvalue weighted by Crippen LogP contribution is 2.15. The van der Waals surface area contributed by atoms with E-state index in [1.165, 1.54) is 0 Å². The van der Waals surface area contributed by atoms with Crippen LogP contribution in [0.25, 0.3) is 0 Å². The number of rotatable bonds is 2. The number of carbonyl (C=O) groups is 1. The highest BCUT2D eigenvalue weighted by atomic mass is 16.2. The summed E-state index contributed by atoms with van der Waals surface area (Å²) in [4.78, 5) is 13.7. The molecule has 0 heterocycles. The normalized spacial score (nSPS) is 12.9. The molecular formula is C13H26N2O. The Bertz CT molecular complexity index is 256. The molecule has 0 aliphatic rings. The van der Waals surface area contributed by atoms with Crippen molar-refractivity contribution in [2.45, 2.75) is 54.0 Å². The zero-order chi connectivity index (χ0) is 13.0. The first kappa shape index (κ1) is 15.0. The van der Waals surface area contributed by atoms with E-state index < -0.39 is 0 Å². The van der Waals surface area contributed by atoms with Crippen molar-refractivity contribution in [3.05, 3.63) is 12.3 Å². The molecule has 0 aromatic heterocycles. The van der Waals surface area contributed by atoms with Crippen molar-refractivity contribution in [3.63, 3.8) is 0 Å². The predicted octanol–water partition coefficient (Wildman–Crippen LogP) is 3.38. The first-order chi connectivity index (χ1) is 7.08. The Morgan fingerprint density at radius 3 is 2.00 bits per heavy atom. The van der Waals surface area contributed by atoms with Gasteiger partial charge in [0.25, 0.3) is 0 Å². The molecule has 0 spiro atoms. The highest BCUT2D eigenvalue weighted by molar-refractivity contribution is 5.75. The van der Waals surface area contributed by atoms with Crippen molar-refractivity contribution in [1.82, 2.24) is 10.2 Å². The van der Waals surface area contributed by atoms with Crippen LogP contribution < -0.4 is 5.32 Å². The summed E-state index contributed by atoms with van der Waals surface area (Å²) in [5.41, 5.74) is -0.0551. The van der Waals surface area contributed by atoms with Gasteiger partial charge in [-0.25, -0.2) is 4.79 Å². The molecule has 16 heavy (non-hydrogen) atoms. The van der Waals surface area contributed by atoms with E-state index in [9.17, 15) is 4.79 Å². The maximum atomic E-state index is 11.9. The van der Waals surface area contributed by atoms with Crippen molar-refractivity contribution < 1.29 is 4.79 Å². The summed E-state index contributed by atoms with van der Waals surface area (Å²) in [6.07, 6.45) is 3.72. The van der Waals surface area contributed by atoms with Crippen LogP contribution in [0.5, 0.6) is 0 Å². The molecule has 0 aliphatic carbocycles. The quantitative estimate of drug-likeness (QED) is 0.769. The Morgan fingerprint density at radius 1 is 1.19 bits per heavy atom. The van der Waals surface area contributed by atoms with Crippen LogP contribution in [0.4, 0.5) is 4.79 Å². The fraction of sp³-hybridized carbons (Fsp3) is 0.769. The maximum Gasteiger partial charge on any atom is 0.321 e. The first-order valence-electron chi connectivity index (χ1n) is 5.84. The molecular weight excluding hydrogens is 200 g/mol. The van der Waals surface area contributed by atoms with Crippen molar-refractivity contribution in [2.24, 2.45) is 5.41 Å². The third-order valence-electron chi connectivity index (χ3n) is 2.16. The monoisotopic (exact) mass is 226 g/mol. The molecule has 1 N–H and O–H groups in total. The fourth-order valence-corrected chi connectivity index (χ4v) is 1.36. The van der Waals surface area contributed by atoms with E-state index in [1.54, 1.807) is 11.1 Å². The zero-order valence-corrected chi connectivity index (χ0v) is 11.7. The van der Waals surface area contributed by atoms with E-state index in [-0.39, 0.29) is 17.0 Å². The molecule has 2 amide bonds. The van der Waals surface area contributed by atoms with Gasteiger partial charge >= 0.3 is 6.03 Å². The standard InChI is InChI=1S/C13H26N2O/c1-8-15(13(5,6)7)11(16)14-10-9-12(2,3)4/h9-10H,8H2,1-7H3,(H,14,16)/b10-9+. The first-order valence-corrected chi connectivity index (χ1v) is 5.84. The van der Waals surface area contributed by atoms with Gasteiger partial charge in [-0.3, -0.25) is 0 Å². The van der Waals surface area contributed by atoms with Crippen LogP contribution in [0.1, 0.15) is 48.5 Å². The summed E-state index contributed by atoms with van der Waals surface area (Å²) in [6, 6.07) is -0.0458. The average molecular weight is 226 g/mol. The molecule has 94 valence electrons. The number of hydrogen-bond acceptors (Lipinski definition) is 1. The van der Waals surface area contributed by atoms with Crippen molar-refractivity contribution in [2.75, 3.05) is 6.54 Å². The van der Waals surface area contributed by atoms with Crippen LogP contribution in [0.3, 0.4) is 0 Å². The lowest BCUT2D eigenvalue weighted by Gasteiger charge is -2.34. The van der Waals surface area contributed by atoms with Crippen LogP contribution in [0.15, 0.2) is 12.3 Å². The Balaban J connectivity index is 4.41. The summed E-state index contributed by atoms with van der Waals surface area (Å²) < 4.78 is 0. The molecule has 3 nitrogen and oxygen atoms in total. The molecule has 0 aliphatic heterocycles. The average Bonchev–Trinajstić information content (AvgIpc) is 1.99. The minimum absolute atomic E-state index is 0.0458. The minimum Gasteiger partial charge on any atom is -0.320 e. The maximum absolute atomic E-state index is 11.9. The van der Waals surface area contributed by atoms with Gasteiger partial charge in [-0.05, 0) is 33.1 Å². The second-order valence-electron chi connectivity index (χ2n) is 6.06. The summed E-state index contributed by atoms with van der Waals surface area (Å²) in [7, 11) is 0. The summed E-state index contributed by atoms with van der Waals surface area (Å²) >= 11 is 0. The SMILES string of the molecule is CCN(C(=O)N/C=C/C(C)(C)C)C(C)(C)C. The fourth-order valence-electron chi connectivity index (χ4n) is 1.36. The van der Waals surface area contributed by atoms with Gasteiger partial charge < -0.3 is 10.2 Å². The molecule has 0 aromatic rings. The van der Waals surface area contributed by atoms with Crippen molar-refractivity contribution >= 4 is 6.03 Å². The number of nitrogens with zero attached hydrogens (tertiary/aromatic N) is 1. The van der Waals surface area contributed by atoms with Gasteiger partial charge in [0.15, 0.2) is 0 Å². The van der Waals surface area contributed by atoms with Gasteiger partial charge in [0.2, 0.25) is 0 Å². The lowest BCUT2D eigenvalue weighted by atomic mass is 9.97. The van der Waals surface area contributed by atoms with Gasteiger partial charge in [-0.1, -0.05) is 26.8 Å². The lowest BCUT2D eigenvalue weighted by molar-refractivity contribution is 0.153. The van der Waals surface area contributed by atoms with E-state index in [4.69, 9.17) is 0 Å². The van der Waals surface area contributed by atoms with Gasteiger partial charge in [-0.2, -0.15) is 0 Å².